The third kappa shape index (κ3) is 6.05. The summed E-state index contributed by atoms with van der Waals surface area (Å²) in [6.45, 7) is 0.555. The summed E-state index contributed by atoms with van der Waals surface area (Å²) in [7, 11) is 0. The zero-order valence-corrected chi connectivity index (χ0v) is 18.5. The molecule has 1 heterocycles. The molecule has 31 heavy (non-hydrogen) atoms. The summed E-state index contributed by atoms with van der Waals surface area (Å²) in [5.41, 5.74) is 2.09. The molecule has 3 saturated carbocycles. The van der Waals surface area contributed by atoms with E-state index in [9.17, 15) is 9.90 Å². The minimum Gasteiger partial charge on any atom is -0.393 e. The Balaban J connectivity index is 1.26. The fourth-order valence-corrected chi connectivity index (χ4v) is 5.80. The summed E-state index contributed by atoms with van der Waals surface area (Å²) in [6, 6.07) is 0.466. The molecule has 3 fully saturated rings. The minimum atomic E-state index is -0.417. The molecule has 2 atom stereocenters. The lowest BCUT2D eigenvalue weighted by Crippen LogP contribution is -2.28. The number of nitrogens with one attached hydrogen (secondary N) is 2. The lowest BCUT2D eigenvalue weighted by molar-refractivity contribution is -0.129. The van der Waals surface area contributed by atoms with Gasteiger partial charge in [-0.05, 0) is 49.9 Å². The number of aromatic nitrogens is 2. The first-order valence-electron chi connectivity index (χ1n) is 12.2. The van der Waals surface area contributed by atoms with Crippen LogP contribution in [0.4, 0.5) is 0 Å². The lowest BCUT2D eigenvalue weighted by atomic mass is 9.84. The number of nitrogens with zero attached hydrogens (tertiary/aromatic N) is 2. The van der Waals surface area contributed by atoms with Crippen LogP contribution >= 0.6 is 0 Å². The molecule has 8 heteroatoms. The van der Waals surface area contributed by atoms with Crippen molar-refractivity contribution in [1.29, 1.82) is 0 Å². The average molecular weight is 435 g/mol. The molecule has 4 N–H and O–H groups in total. The van der Waals surface area contributed by atoms with Crippen LogP contribution in [0.3, 0.4) is 0 Å². The van der Waals surface area contributed by atoms with Crippen molar-refractivity contribution in [3.05, 3.63) is 11.7 Å². The summed E-state index contributed by atoms with van der Waals surface area (Å²) >= 11 is 0. The van der Waals surface area contributed by atoms with Gasteiger partial charge in [0.05, 0.1) is 12.6 Å². The van der Waals surface area contributed by atoms with Crippen LogP contribution < -0.4 is 10.8 Å². The van der Waals surface area contributed by atoms with E-state index < -0.39 is 5.91 Å². The number of hydroxylamine groups is 1. The number of carbonyl (C=O) groups excluding carboxylic acids is 1. The fourth-order valence-electron chi connectivity index (χ4n) is 5.80. The Morgan fingerprint density at radius 1 is 1.19 bits per heavy atom. The van der Waals surface area contributed by atoms with Gasteiger partial charge in [-0.25, -0.2) is 5.48 Å². The van der Waals surface area contributed by atoms with E-state index in [0.29, 0.717) is 29.7 Å². The Kier molecular flexibility index (Phi) is 7.61. The van der Waals surface area contributed by atoms with Crippen molar-refractivity contribution in [3.63, 3.8) is 0 Å². The minimum absolute atomic E-state index is 0.127. The van der Waals surface area contributed by atoms with Gasteiger partial charge in [-0.1, -0.05) is 50.1 Å². The van der Waals surface area contributed by atoms with Crippen molar-refractivity contribution in [3.8, 4) is 0 Å². The second kappa shape index (κ2) is 10.4. The maximum atomic E-state index is 11.8. The molecule has 3 aliphatic rings. The topological polar surface area (TPSA) is 121 Å². The zero-order chi connectivity index (χ0) is 21.7. The van der Waals surface area contributed by atoms with Gasteiger partial charge in [0.25, 0.3) is 0 Å². The molecule has 0 aliphatic heterocycles. The molecule has 1 spiro atoms. The summed E-state index contributed by atoms with van der Waals surface area (Å²) in [5, 5.41) is 26.4. The molecule has 1 amide bonds. The summed E-state index contributed by atoms with van der Waals surface area (Å²) in [4.78, 5) is 16.4. The van der Waals surface area contributed by atoms with Crippen LogP contribution in [0, 0.1) is 11.3 Å². The maximum Gasteiger partial charge on any atom is 0.244 e. The highest BCUT2D eigenvalue weighted by atomic mass is 16.5. The van der Waals surface area contributed by atoms with Gasteiger partial charge in [-0.15, -0.1) is 0 Å². The molecule has 1 aromatic heterocycles. The first kappa shape index (κ1) is 22.7. The van der Waals surface area contributed by atoms with E-state index >= 15 is 0 Å². The van der Waals surface area contributed by atoms with Crippen LogP contribution in [0.25, 0.3) is 0 Å². The molecular weight excluding hydrogens is 396 g/mol. The van der Waals surface area contributed by atoms with Crippen LogP contribution in [0.5, 0.6) is 0 Å². The van der Waals surface area contributed by atoms with Gasteiger partial charge in [0, 0.05) is 18.4 Å². The summed E-state index contributed by atoms with van der Waals surface area (Å²) in [5.74, 6) is 1.34. The largest absolute Gasteiger partial charge is 0.393 e. The highest BCUT2D eigenvalue weighted by Crippen LogP contribution is 2.56. The monoisotopic (exact) mass is 434 g/mol. The van der Waals surface area contributed by atoms with Crippen LogP contribution in [0.15, 0.2) is 4.52 Å². The van der Waals surface area contributed by atoms with Gasteiger partial charge >= 0.3 is 0 Å². The van der Waals surface area contributed by atoms with E-state index in [-0.39, 0.29) is 18.4 Å². The molecule has 0 bridgehead atoms. The first-order chi connectivity index (χ1) is 15.1. The predicted octanol–water partition coefficient (Wildman–Crippen LogP) is 3.58. The molecule has 8 nitrogen and oxygen atoms in total. The van der Waals surface area contributed by atoms with E-state index in [1.807, 2.05) is 0 Å². The molecular formula is C23H38N4O4. The maximum absolute atomic E-state index is 11.8. The van der Waals surface area contributed by atoms with Crippen molar-refractivity contribution < 1.29 is 19.6 Å². The standard InChI is InChI=1S/C23H38N4O4/c28-18-9-11-23(12-10-18)14-19(23)24-15-20-25-22(31-27-20)17(13-21(29)26-30)8-4-7-16-5-2-1-3-6-16/h16-19,24,28,30H,1-15H2,(H,26,29)/t17-,18?,19+,23?/m1/s1. The molecule has 0 saturated heterocycles. The Labute approximate surface area is 184 Å². The number of aliphatic hydroxyl groups excluding tert-OH is 1. The Bertz CT molecular complexity index is 710. The van der Waals surface area contributed by atoms with Crippen molar-refractivity contribution >= 4 is 5.91 Å². The number of rotatable bonds is 10. The van der Waals surface area contributed by atoms with E-state index in [1.54, 1.807) is 5.48 Å². The van der Waals surface area contributed by atoms with Crippen molar-refractivity contribution in [2.24, 2.45) is 11.3 Å². The highest BCUT2D eigenvalue weighted by Gasteiger charge is 2.54. The van der Waals surface area contributed by atoms with Crippen LogP contribution in [-0.2, 0) is 11.3 Å². The van der Waals surface area contributed by atoms with Crippen LogP contribution in [0.2, 0.25) is 0 Å². The highest BCUT2D eigenvalue weighted by molar-refractivity contribution is 5.75. The quantitative estimate of drug-likeness (QED) is 0.328. The smallest absolute Gasteiger partial charge is 0.244 e. The predicted molar refractivity (Wildman–Crippen MR) is 114 cm³/mol. The van der Waals surface area contributed by atoms with E-state index in [2.05, 4.69) is 15.5 Å². The fraction of sp³-hybridized carbons (Fsp3) is 0.870. The number of hydrogen-bond acceptors (Lipinski definition) is 7. The number of amides is 1. The lowest BCUT2D eigenvalue weighted by Gasteiger charge is -2.26. The first-order valence-corrected chi connectivity index (χ1v) is 12.2. The second-order valence-corrected chi connectivity index (χ2v) is 10.2. The van der Waals surface area contributed by atoms with Crippen molar-refractivity contribution in [2.75, 3.05) is 0 Å². The average Bonchev–Trinajstić information content (AvgIpc) is 3.24. The van der Waals surface area contributed by atoms with Gasteiger partial charge in [0.2, 0.25) is 11.8 Å². The molecule has 3 aliphatic carbocycles. The van der Waals surface area contributed by atoms with Crippen LogP contribution in [-0.4, -0.2) is 38.5 Å². The Morgan fingerprint density at radius 2 is 1.97 bits per heavy atom. The Hall–Kier alpha value is -1.51. The van der Waals surface area contributed by atoms with E-state index in [0.717, 1.165) is 50.9 Å². The van der Waals surface area contributed by atoms with Gasteiger partial charge in [-0.2, -0.15) is 4.98 Å². The van der Waals surface area contributed by atoms with Gasteiger partial charge < -0.3 is 14.9 Å². The molecule has 174 valence electrons. The third-order valence-corrected chi connectivity index (χ3v) is 7.93. The normalized spacial score (nSPS) is 29.7. The third-order valence-electron chi connectivity index (χ3n) is 7.93. The molecule has 1 aromatic rings. The molecule has 0 aromatic carbocycles. The number of aliphatic hydroxyl groups is 1. The molecule has 0 radical (unpaired) electrons. The zero-order valence-electron chi connectivity index (χ0n) is 18.5. The Morgan fingerprint density at radius 3 is 2.71 bits per heavy atom. The van der Waals surface area contributed by atoms with Gasteiger partial charge in [-0.3, -0.25) is 10.0 Å². The molecule has 0 unspecified atom stereocenters. The number of carbonyl (C=O) groups is 1. The van der Waals surface area contributed by atoms with Crippen molar-refractivity contribution in [2.45, 2.75) is 114 Å². The summed E-state index contributed by atoms with van der Waals surface area (Å²) in [6.07, 6.45) is 14.9. The van der Waals surface area contributed by atoms with Crippen molar-refractivity contribution in [1.82, 2.24) is 20.9 Å². The second-order valence-electron chi connectivity index (χ2n) is 10.2. The van der Waals surface area contributed by atoms with Gasteiger partial charge in [0.15, 0.2) is 5.82 Å². The molecule has 4 rings (SSSR count). The number of hydrogen-bond donors (Lipinski definition) is 4. The van der Waals surface area contributed by atoms with E-state index in [4.69, 9.17) is 9.73 Å². The van der Waals surface area contributed by atoms with Crippen LogP contribution in [0.1, 0.15) is 108 Å². The van der Waals surface area contributed by atoms with Gasteiger partial charge in [0.1, 0.15) is 0 Å². The van der Waals surface area contributed by atoms with E-state index in [1.165, 1.54) is 38.5 Å². The summed E-state index contributed by atoms with van der Waals surface area (Å²) < 4.78 is 5.52. The SMILES string of the molecule is O=C(C[C@@H](CCCC1CCCCC1)c1nc(CN[C@H]2CC23CCC(O)CC3)no1)NO.